The summed E-state index contributed by atoms with van der Waals surface area (Å²) in [6, 6.07) is 9.99. The second-order valence-electron chi connectivity index (χ2n) is 9.33. The van der Waals surface area contributed by atoms with Crippen LogP contribution in [0.1, 0.15) is 53.0 Å². The first-order chi connectivity index (χ1) is 14.7. The van der Waals surface area contributed by atoms with Crippen LogP contribution in [0, 0.1) is 11.8 Å². The van der Waals surface area contributed by atoms with Gasteiger partial charge in [0.15, 0.2) is 6.23 Å². The van der Waals surface area contributed by atoms with E-state index in [2.05, 4.69) is 18.8 Å². The molecular formula is C24H36N2O5. The molecule has 2 rings (SSSR count). The Balaban J connectivity index is 1.87. The third-order valence-electron chi connectivity index (χ3n) is 5.26. The molecule has 1 fully saturated rings. The molecule has 2 atom stereocenters. The molecule has 1 amide bonds. The average Bonchev–Trinajstić information content (AvgIpc) is 2.72. The number of ether oxygens (including phenoxy) is 3. The number of hydrogen-bond acceptors (Lipinski definition) is 6. The lowest BCUT2D eigenvalue weighted by Gasteiger charge is -2.35. The van der Waals surface area contributed by atoms with Crippen LogP contribution in [0.5, 0.6) is 0 Å². The highest BCUT2D eigenvalue weighted by atomic mass is 16.6. The van der Waals surface area contributed by atoms with Crippen molar-refractivity contribution < 1.29 is 23.8 Å². The van der Waals surface area contributed by atoms with Gasteiger partial charge in [-0.2, -0.15) is 4.99 Å². The summed E-state index contributed by atoms with van der Waals surface area (Å²) >= 11 is 0. The Bertz CT molecular complexity index is 717. The molecule has 7 heteroatoms. The Morgan fingerprint density at radius 3 is 2.35 bits per heavy atom. The van der Waals surface area contributed by atoms with Gasteiger partial charge >= 0.3 is 6.09 Å². The zero-order valence-electron chi connectivity index (χ0n) is 19.4. The largest absolute Gasteiger partial charge is 0.444 e. The lowest BCUT2D eigenvalue weighted by atomic mass is 9.95. The van der Waals surface area contributed by atoms with Gasteiger partial charge in [0.05, 0.1) is 19.3 Å². The second kappa shape index (κ2) is 12.0. The topological polar surface area (TPSA) is 77.4 Å². The second-order valence-corrected chi connectivity index (χ2v) is 9.33. The normalized spacial score (nSPS) is 17.2. The first kappa shape index (κ1) is 25.1. The average molecular weight is 433 g/mol. The number of carbonyl (C=O) groups is 1. The molecule has 0 aliphatic carbocycles. The molecule has 0 saturated carbocycles. The Labute approximate surface area is 185 Å². The lowest BCUT2D eigenvalue weighted by molar-refractivity contribution is -0.0851. The summed E-state index contributed by atoms with van der Waals surface area (Å²) in [6.07, 6.45) is 2.01. The molecule has 0 spiro atoms. The van der Waals surface area contributed by atoms with E-state index in [1.807, 2.05) is 51.1 Å². The quantitative estimate of drug-likeness (QED) is 0.422. The number of piperidine rings is 1. The summed E-state index contributed by atoms with van der Waals surface area (Å²) in [4.78, 5) is 28.9. The minimum Gasteiger partial charge on any atom is -0.444 e. The van der Waals surface area contributed by atoms with Gasteiger partial charge in [-0.25, -0.2) is 9.59 Å². The molecule has 1 heterocycles. The van der Waals surface area contributed by atoms with Gasteiger partial charge in [0, 0.05) is 19.0 Å². The summed E-state index contributed by atoms with van der Waals surface area (Å²) in [5, 5.41) is 0. The number of aliphatic imine (C=N–C) groups is 1. The minimum absolute atomic E-state index is 0.0436. The standard InChI is InChI=1S/C24H36N2O5/c1-18(2)21(29-15-19-9-7-6-8-10-19)16-30-22(25-17-27)20-11-13-26(14-12-20)23(28)31-24(3,4)5/h6-10,18,20-22H,11-16H2,1-5H3/t21-,22?/m0/s1. The zero-order chi connectivity index (χ0) is 22.9. The third kappa shape index (κ3) is 8.82. The van der Waals surface area contributed by atoms with Crippen LogP contribution >= 0.6 is 0 Å². The van der Waals surface area contributed by atoms with E-state index in [0.717, 1.165) is 5.56 Å². The van der Waals surface area contributed by atoms with Crippen LogP contribution in [-0.4, -0.2) is 54.7 Å². The van der Waals surface area contributed by atoms with Crippen LogP contribution in [-0.2, 0) is 25.6 Å². The van der Waals surface area contributed by atoms with Crippen molar-refractivity contribution in [2.45, 2.75) is 72.0 Å². The van der Waals surface area contributed by atoms with Gasteiger partial charge in [0.1, 0.15) is 5.60 Å². The first-order valence-corrected chi connectivity index (χ1v) is 11.0. The van der Waals surface area contributed by atoms with Crippen molar-refractivity contribution in [3.8, 4) is 0 Å². The monoisotopic (exact) mass is 432 g/mol. The predicted octanol–water partition coefficient (Wildman–Crippen LogP) is 4.55. The van der Waals surface area contributed by atoms with Gasteiger partial charge in [-0.3, -0.25) is 0 Å². The van der Waals surface area contributed by atoms with Crippen molar-refractivity contribution in [2.75, 3.05) is 19.7 Å². The maximum absolute atomic E-state index is 12.3. The molecule has 1 aliphatic rings. The van der Waals surface area contributed by atoms with Crippen LogP contribution in [0.2, 0.25) is 0 Å². The first-order valence-electron chi connectivity index (χ1n) is 11.0. The molecule has 7 nitrogen and oxygen atoms in total. The molecule has 1 aliphatic heterocycles. The van der Waals surface area contributed by atoms with Crippen LogP contribution < -0.4 is 0 Å². The van der Waals surface area contributed by atoms with Crippen molar-refractivity contribution in [2.24, 2.45) is 16.8 Å². The maximum atomic E-state index is 12.3. The molecule has 1 unspecified atom stereocenters. The van der Waals surface area contributed by atoms with Gasteiger partial charge in [0.2, 0.25) is 6.08 Å². The molecule has 172 valence electrons. The highest BCUT2D eigenvalue weighted by Crippen LogP contribution is 2.25. The molecule has 0 bridgehead atoms. The number of hydrogen-bond donors (Lipinski definition) is 0. The van der Waals surface area contributed by atoms with E-state index in [-0.39, 0.29) is 24.0 Å². The number of isocyanates is 1. The van der Waals surface area contributed by atoms with E-state index in [9.17, 15) is 9.59 Å². The third-order valence-corrected chi connectivity index (χ3v) is 5.26. The molecule has 0 N–H and O–H groups in total. The summed E-state index contributed by atoms with van der Waals surface area (Å²) < 4.78 is 17.5. The maximum Gasteiger partial charge on any atom is 0.410 e. The molecule has 31 heavy (non-hydrogen) atoms. The van der Waals surface area contributed by atoms with Gasteiger partial charge in [-0.1, -0.05) is 44.2 Å². The molecule has 1 aromatic rings. The fourth-order valence-electron chi connectivity index (χ4n) is 3.43. The van der Waals surface area contributed by atoms with Crippen LogP contribution in [0.4, 0.5) is 4.79 Å². The summed E-state index contributed by atoms with van der Waals surface area (Å²) in [6.45, 7) is 11.7. The van der Waals surface area contributed by atoms with Crippen molar-refractivity contribution in [1.82, 2.24) is 4.90 Å². The number of nitrogens with zero attached hydrogens (tertiary/aromatic N) is 2. The van der Waals surface area contributed by atoms with Crippen LogP contribution in [0.15, 0.2) is 35.3 Å². The van der Waals surface area contributed by atoms with E-state index < -0.39 is 11.8 Å². The molecule has 1 saturated heterocycles. The van der Waals surface area contributed by atoms with Gasteiger partial charge in [0.25, 0.3) is 0 Å². The van der Waals surface area contributed by atoms with E-state index in [1.165, 1.54) is 0 Å². The number of rotatable bonds is 9. The smallest absolute Gasteiger partial charge is 0.410 e. The van der Waals surface area contributed by atoms with Gasteiger partial charge in [-0.15, -0.1) is 0 Å². The van der Waals surface area contributed by atoms with Gasteiger partial charge < -0.3 is 19.1 Å². The number of benzene rings is 1. The predicted molar refractivity (Wildman–Crippen MR) is 118 cm³/mol. The Kier molecular flexibility index (Phi) is 9.69. The van der Waals surface area contributed by atoms with Crippen molar-refractivity contribution in [3.05, 3.63) is 35.9 Å². The number of likely N-dealkylation sites (tertiary alicyclic amines) is 1. The number of carbonyl (C=O) groups excluding carboxylic acids is 2. The fraction of sp³-hybridized carbons (Fsp3) is 0.667. The van der Waals surface area contributed by atoms with E-state index in [1.54, 1.807) is 11.0 Å². The Morgan fingerprint density at radius 2 is 1.81 bits per heavy atom. The fourth-order valence-corrected chi connectivity index (χ4v) is 3.43. The SMILES string of the molecule is CC(C)[C@H](COC(N=C=O)C1CCN(C(=O)OC(C)(C)C)CC1)OCc1ccccc1. The van der Waals surface area contributed by atoms with Crippen molar-refractivity contribution in [1.29, 1.82) is 0 Å². The van der Waals surface area contributed by atoms with E-state index >= 15 is 0 Å². The van der Waals surface area contributed by atoms with Crippen molar-refractivity contribution in [3.63, 3.8) is 0 Å². The number of amides is 1. The molecule has 0 radical (unpaired) electrons. The summed E-state index contributed by atoms with van der Waals surface area (Å²) in [7, 11) is 0. The Hall–Kier alpha value is -2.21. The lowest BCUT2D eigenvalue weighted by Crippen LogP contribution is -2.44. The van der Waals surface area contributed by atoms with E-state index in [0.29, 0.717) is 39.1 Å². The van der Waals surface area contributed by atoms with E-state index in [4.69, 9.17) is 14.2 Å². The molecule has 0 aromatic heterocycles. The summed E-state index contributed by atoms with van der Waals surface area (Å²) in [5.74, 6) is 0.292. The van der Waals surface area contributed by atoms with Crippen molar-refractivity contribution >= 4 is 12.2 Å². The van der Waals surface area contributed by atoms with Gasteiger partial charge in [-0.05, 0) is 45.1 Å². The zero-order valence-corrected chi connectivity index (χ0v) is 19.4. The minimum atomic E-state index is -0.583. The van der Waals surface area contributed by atoms with Crippen LogP contribution in [0.3, 0.4) is 0 Å². The summed E-state index contributed by atoms with van der Waals surface area (Å²) in [5.41, 5.74) is 0.581. The highest BCUT2D eigenvalue weighted by Gasteiger charge is 2.32. The highest BCUT2D eigenvalue weighted by molar-refractivity contribution is 5.68. The van der Waals surface area contributed by atoms with Crippen LogP contribution in [0.25, 0.3) is 0 Å². The molecule has 1 aromatic carbocycles. The molecular weight excluding hydrogens is 396 g/mol. The Morgan fingerprint density at radius 1 is 1.16 bits per heavy atom.